The maximum Gasteiger partial charge on any atom is 0.278 e. The number of anilines is 1. The molecule has 174 valence electrons. The molecule has 10 heteroatoms. The van der Waals surface area contributed by atoms with Crippen molar-refractivity contribution in [2.45, 2.75) is 32.2 Å². The fourth-order valence-corrected chi connectivity index (χ4v) is 6.52. The number of aromatic amines is 1. The van der Waals surface area contributed by atoms with Gasteiger partial charge in [0.2, 0.25) is 0 Å². The Labute approximate surface area is 199 Å². The summed E-state index contributed by atoms with van der Waals surface area (Å²) in [7, 11) is 0. The number of non-ortho nitro benzene ring substituents is 1. The van der Waals surface area contributed by atoms with Gasteiger partial charge in [-0.2, -0.15) is 0 Å². The Balaban J connectivity index is 1.20. The van der Waals surface area contributed by atoms with Crippen LogP contribution in [0.5, 0.6) is 0 Å². The number of nitrogens with one attached hydrogen (secondary N) is 1. The number of nitro groups is 1. The smallest absolute Gasteiger partial charge is 0.278 e. The number of nitro benzene ring substituents is 1. The summed E-state index contributed by atoms with van der Waals surface area (Å²) in [5.74, 6) is 0.719. The van der Waals surface area contributed by atoms with Crippen molar-refractivity contribution >= 4 is 43.7 Å². The van der Waals surface area contributed by atoms with Gasteiger partial charge in [-0.1, -0.05) is 0 Å². The van der Waals surface area contributed by atoms with Gasteiger partial charge in [0.1, 0.15) is 10.7 Å². The van der Waals surface area contributed by atoms with Crippen LogP contribution >= 0.6 is 11.3 Å². The second-order valence-electron chi connectivity index (χ2n) is 8.95. The monoisotopic (exact) mass is 476 g/mol. The first-order valence-electron chi connectivity index (χ1n) is 11.6. The minimum Gasteiger partial charge on any atom is -0.368 e. The lowest BCUT2D eigenvalue weighted by atomic mass is 9.97. The van der Waals surface area contributed by atoms with E-state index in [0.29, 0.717) is 11.9 Å². The van der Waals surface area contributed by atoms with E-state index in [1.54, 1.807) is 29.8 Å². The number of benzene rings is 1. The van der Waals surface area contributed by atoms with E-state index in [2.05, 4.69) is 19.8 Å². The van der Waals surface area contributed by atoms with Crippen molar-refractivity contribution in [3.05, 3.63) is 67.3 Å². The molecule has 1 N–H and O–H groups in total. The molecule has 1 fully saturated rings. The summed E-state index contributed by atoms with van der Waals surface area (Å²) in [6, 6.07) is 5.24. The van der Waals surface area contributed by atoms with E-state index in [-0.39, 0.29) is 16.2 Å². The highest BCUT2D eigenvalue weighted by atomic mass is 32.1. The molecule has 0 bridgehead atoms. The van der Waals surface area contributed by atoms with Crippen molar-refractivity contribution in [2.24, 2.45) is 0 Å². The summed E-state index contributed by atoms with van der Waals surface area (Å²) in [6.45, 7) is 3.80. The number of hydrogen-bond donors (Lipinski definition) is 1. The Morgan fingerprint density at radius 2 is 1.91 bits per heavy atom. The number of aromatic nitrogens is 3. The van der Waals surface area contributed by atoms with Crippen LogP contribution in [0.4, 0.5) is 11.4 Å². The molecule has 0 atom stereocenters. The van der Waals surface area contributed by atoms with Gasteiger partial charge in [-0.25, -0.2) is 4.98 Å². The summed E-state index contributed by atoms with van der Waals surface area (Å²) >= 11 is 1.68. The molecule has 34 heavy (non-hydrogen) atoms. The van der Waals surface area contributed by atoms with E-state index in [9.17, 15) is 14.9 Å². The third kappa shape index (κ3) is 3.63. The van der Waals surface area contributed by atoms with E-state index in [1.807, 2.05) is 12.1 Å². The van der Waals surface area contributed by atoms with Crippen LogP contribution in [-0.4, -0.2) is 51.0 Å². The highest BCUT2D eigenvalue weighted by molar-refractivity contribution is 7.18. The average Bonchev–Trinajstić information content (AvgIpc) is 3.22. The Bertz CT molecular complexity index is 1470. The van der Waals surface area contributed by atoms with E-state index in [1.165, 1.54) is 16.9 Å². The number of hydrogen-bond acceptors (Lipinski definition) is 8. The van der Waals surface area contributed by atoms with Crippen molar-refractivity contribution < 1.29 is 4.92 Å². The number of pyridine rings is 1. The summed E-state index contributed by atoms with van der Waals surface area (Å²) in [5.41, 5.74) is 2.26. The lowest BCUT2D eigenvalue weighted by molar-refractivity contribution is -0.383. The standard InChI is InChI=1S/C24H24N6O3S/c31-23-22-16-3-1-2-4-20(16)34-24(22)27-21(26-23)14-28-9-11-29(12-10-28)18-5-6-19(30(32)33)17-13-25-8-7-15(17)18/h5-8,13H,1-4,9-12,14H2,(H,26,27,31). The lowest BCUT2D eigenvalue weighted by Gasteiger charge is -2.36. The molecule has 9 nitrogen and oxygen atoms in total. The summed E-state index contributed by atoms with van der Waals surface area (Å²) in [5, 5.41) is 13.6. The molecule has 0 unspecified atom stereocenters. The normalized spacial score (nSPS) is 16.8. The number of H-pyrrole nitrogens is 1. The third-order valence-corrected chi connectivity index (χ3v) is 8.11. The zero-order chi connectivity index (χ0) is 23.2. The molecule has 0 saturated carbocycles. The fraction of sp³-hybridized carbons (Fsp3) is 0.375. The van der Waals surface area contributed by atoms with Gasteiger partial charge < -0.3 is 9.88 Å². The fourth-order valence-electron chi connectivity index (χ4n) is 5.24. The zero-order valence-electron chi connectivity index (χ0n) is 18.6. The Kier molecular flexibility index (Phi) is 5.26. The van der Waals surface area contributed by atoms with E-state index >= 15 is 0 Å². The topological polar surface area (TPSA) is 108 Å². The van der Waals surface area contributed by atoms with Crippen molar-refractivity contribution in [1.29, 1.82) is 0 Å². The predicted octanol–water partition coefficient (Wildman–Crippen LogP) is 3.64. The Morgan fingerprint density at radius 3 is 2.74 bits per heavy atom. The summed E-state index contributed by atoms with van der Waals surface area (Å²) < 4.78 is 0. The molecule has 0 radical (unpaired) electrons. The molecule has 6 rings (SSSR count). The molecule has 0 amide bonds. The highest BCUT2D eigenvalue weighted by Crippen LogP contribution is 2.35. The molecule has 0 spiro atoms. The van der Waals surface area contributed by atoms with Crippen LogP contribution in [0, 0.1) is 10.1 Å². The maximum atomic E-state index is 12.8. The summed E-state index contributed by atoms with van der Waals surface area (Å²) in [6.07, 6.45) is 7.61. The molecule has 2 aliphatic rings. The van der Waals surface area contributed by atoms with Crippen LogP contribution in [0.2, 0.25) is 0 Å². The first kappa shape index (κ1) is 21.2. The number of piperazine rings is 1. The Hall–Kier alpha value is -3.37. The van der Waals surface area contributed by atoms with Crippen molar-refractivity contribution in [1.82, 2.24) is 19.9 Å². The first-order chi connectivity index (χ1) is 16.6. The van der Waals surface area contributed by atoms with Crippen LogP contribution in [0.25, 0.3) is 21.0 Å². The quantitative estimate of drug-likeness (QED) is 0.354. The molecule has 4 heterocycles. The third-order valence-electron chi connectivity index (χ3n) is 6.93. The number of aryl methyl sites for hydroxylation is 2. The Morgan fingerprint density at radius 1 is 1.09 bits per heavy atom. The zero-order valence-corrected chi connectivity index (χ0v) is 19.4. The minimum absolute atomic E-state index is 0.0102. The van der Waals surface area contributed by atoms with Crippen LogP contribution in [0.1, 0.15) is 29.1 Å². The van der Waals surface area contributed by atoms with Crippen molar-refractivity contribution in [2.75, 3.05) is 31.1 Å². The number of rotatable bonds is 4. The second-order valence-corrected chi connectivity index (χ2v) is 10.0. The second kappa shape index (κ2) is 8.44. The number of fused-ring (bicyclic) bond motifs is 4. The average molecular weight is 477 g/mol. The van der Waals surface area contributed by atoms with Gasteiger partial charge in [0.15, 0.2) is 0 Å². The number of nitrogens with zero attached hydrogens (tertiary/aromatic N) is 5. The van der Waals surface area contributed by atoms with Crippen LogP contribution in [0.15, 0.2) is 35.4 Å². The van der Waals surface area contributed by atoms with E-state index < -0.39 is 0 Å². The summed E-state index contributed by atoms with van der Waals surface area (Å²) in [4.78, 5) is 42.6. The van der Waals surface area contributed by atoms with Gasteiger partial charge in [0, 0.05) is 60.6 Å². The molecular formula is C24H24N6O3S. The predicted molar refractivity (Wildman–Crippen MR) is 133 cm³/mol. The van der Waals surface area contributed by atoms with Crippen LogP contribution < -0.4 is 10.5 Å². The molecular weight excluding hydrogens is 452 g/mol. The van der Waals surface area contributed by atoms with Crippen molar-refractivity contribution in [3.63, 3.8) is 0 Å². The van der Waals surface area contributed by atoms with Gasteiger partial charge in [0.25, 0.3) is 11.2 Å². The highest BCUT2D eigenvalue weighted by Gasteiger charge is 2.24. The van der Waals surface area contributed by atoms with Crippen LogP contribution in [0.3, 0.4) is 0 Å². The SMILES string of the molecule is O=c1[nH]c(CN2CCN(c3ccc([N+](=O)[O-])c4cnccc34)CC2)nc2sc3c(c12)CCCC3. The van der Waals surface area contributed by atoms with Gasteiger partial charge >= 0.3 is 0 Å². The number of thiophene rings is 1. The largest absolute Gasteiger partial charge is 0.368 e. The molecule has 1 aliphatic carbocycles. The lowest BCUT2D eigenvalue weighted by Crippen LogP contribution is -2.46. The van der Waals surface area contributed by atoms with E-state index in [4.69, 9.17) is 4.98 Å². The van der Waals surface area contributed by atoms with Gasteiger partial charge in [-0.3, -0.25) is 24.8 Å². The van der Waals surface area contributed by atoms with Gasteiger partial charge in [-0.05, 0) is 43.4 Å². The molecule has 3 aromatic heterocycles. The maximum absolute atomic E-state index is 12.8. The minimum atomic E-state index is -0.361. The van der Waals surface area contributed by atoms with E-state index in [0.717, 1.165) is 72.6 Å². The van der Waals surface area contributed by atoms with Crippen LogP contribution in [-0.2, 0) is 19.4 Å². The molecule has 4 aromatic rings. The van der Waals surface area contributed by atoms with Crippen molar-refractivity contribution in [3.8, 4) is 0 Å². The van der Waals surface area contributed by atoms with Gasteiger partial charge in [-0.15, -0.1) is 11.3 Å². The molecule has 1 aliphatic heterocycles. The van der Waals surface area contributed by atoms with Gasteiger partial charge in [0.05, 0.1) is 22.2 Å². The first-order valence-corrected chi connectivity index (χ1v) is 12.4. The molecule has 1 aromatic carbocycles. The molecule has 1 saturated heterocycles.